The largest absolute Gasteiger partial charge is 0.454 e. The van der Waals surface area contributed by atoms with Crippen LogP contribution in [0.2, 0.25) is 0 Å². The van der Waals surface area contributed by atoms with Crippen LogP contribution in [0, 0.1) is 11.6 Å². The quantitative estimate of drug-likeness (QED) is 0.212. The lowest BCUT2D eigenvalue weighted by Crippen LogP contribution is -2.11. The normalized spacial score (nSPS) is 10.8. The minimum Gasteiger partial charge on any atom is -0.454 e. The molecule has 0 spiro atoms. The summed E-state index contributed by atoms with van der Waals surface area (Å²) < 4.78 is 34.0. The Bertz CT molecular complexity index is 1720. The average Bonchev–Trinajstić information content (AvgIpc) is 2.91. The molecule has 0 aliphatic rings. The number of aromatic amines is 1. The van der Waals surface area contributed by atoms with Gasteiger partial charge in [-0.2, -0.15) is 0 Å². The zero-order valence-corrected chi connectivity index (χ0v) is 20.8. The van der Waals surface area contributed by atoms with E-state index in [1.165, 1.54) is 54.9 Å². The number of carbonyl (C=O) groups is 1. The van der Waals surface area contributed by atoms with Crippen LogP contribution < -0.4 is 20.8 Å². The Morgan fingerprint density at radius 3 is 2.56 bits per heavy atom. The third-order valence-corrected chi connectivity index (χ3v) is 5.85. The molecule has 0 saturated heterocycles. The number of anilines is 3. The van der Waals surface area contributed by atoms with Crippen LogP contribution in [0.4, 0.5) is 26.1 Å². The lowest BCUT2D eigenvalue weighted by Gasteiger charge is -2.12. The Morgan fingerprint density at radius 2 is 1.79 bits per heavy atom. The Hall–Kier alpha value is -5.12. The van der Waals surface area contributed by atoms with Crippen molar-refractivity contribution in [1.82, 2.24) is 15.0 Å². The van der Waals surface area contributed by atoms with Crippen LogP contribution in [0.15, 0.2) is 84.0 Å². The fraction of sp³-hybridized carbons (Fsp3) is 0.103. The Labute approximate surface area is 221 Å². The highest BCUT2D eigenvalue weighted by Crippen LogP contribution is 2.30. The second-order valence-electron chi connectivity index (χ2n) is 8.67. The molecule has 0 atom stereocenters. The van der Waals surface area contributed by atoms with Gasteiger partial charge in [0.1, 0.15) is 23.2 Å². The molecular formula is C29H23F2N5O3. The molecule has 0 saturated carbocycles. The smallest absolute Gasteiger partial charge is 0.225 e. The van der Waals surface area contributed by atoms with Gasteiger partial charge in [0.2, 0.25) is 11.3 Å². The number of benzene rings is 2. The molecule has 0 aliphatic heterocycles. The third-order valence-electron chi connectivity index (χ3n) is 5.85. The molecule has 39 heavy (non-hydrogen) atoms. The van der Waals surface area contributed by atoms with E-state index < -0.39 is 11.6 Å². The van der Waals surface area contributed by atoms with Gasteiger partial charge in [-0.3, -0.25) is 9.59 Å². The molecule has 3 aromatic heterocycles. The predicted molar refractivity (Wildman–Crippen MR) is 145 cm³/mol. The zero-order valence-electron chi connectivity index (χ0n) is 20.8. The van der Waals surface area contributed by atoms with Gasteiger partial charge in [0.15, 0.2) is 11.6 Å². The number of H-pyrrole nitrogens is 1. The highest BCUT2D eigenvalue weighted by Gasteiger charge is 2.14. The minimum absolute atomic E-state index is 0.0418. The summed E-state index contributed by atoms with van der Waals surface area (Å²) in [5.41, 5.74) is 1.45. The Kier molecular flexibility index (Phi) is 7.26. The number of aromatic nitrogens is 3. The van der Waals surface area contributed by atoms with Crippen molar-refractivity contribution >= 4 is 34.1 Å². The van der Waals surface area contributed by atoms with Crippen LogP contribution in [0.3, 0.4) is 0 Å². The lowest BCUT2D eigenvalue weighted by atomic mass is 10.0. The molecule has 0 unspecified atom stereocenters. The number of fused-ring (bicyclic) bond motifs is 1. The van der Waals surface area contributed by atoms with Gasteiger partial charge >= 0.3 is 0 Å². The molecule has 1 amide bonds. The number of pyridine rings is 3. The maximum Gasteiger partial charge on any atom is 0.225 e. The number of ether oxygens (including phenoxy) is 1. The Balaban J connectivity index is 1.39. The fourth-order valence-corrected chi connectivity index (χ4v) is 4.00. The van der Waals surface area contributed by atoms with Gasteiger partial charge in [0, 0.05) is 48.4 Å². The van der Waals surface area contributed by atoms with Crippen molar-refractivity contribution in [2.45, 2.75) is 19.8 Å². The highest BCUT2D eigenvalue weighted by atomic mass is 19.1. The monoisotopic (exact) mass is 527 g/mol. The first kappa shape index (κ1) is 25.5. The molecule has 8 nitrogen and oxygen atoms in total. The molecule has 5 aromatic rings. The number of hydrogen-bond acceptors (Lipinski definition) is 6. The van der Waals surface area contributed by atoms with Crippen LogP contribution in [0.1, 0.15) is 19.8 Å². The number of nitrogens with zero attached hydrogens (tertiary/aromatic N) is 2. The van der Waals surface area contributed by atoms with Crippen molar-refractivity contribution in [2.75, 3.05) is 10.6 Å². The van der Waals surface area contributed by atoms with E-state index >= 15 is 0 Å². The minimum atomic E-state index is -0.658. The van der Waals surface area contributed by atoms with E-state index in [4.69, 9.17) is 4.74 Å². The molecular weight excluding hydrogens is 504 g/mol. The van der Waals surface area contributed by atoms with Crippen molar-refractivity contribution < 1.29 is 18.3 Å². The summed E-state index contributed by atoms with van der Waals surface area (Å²) in [4.78, 5) is 36.6. The molecule has 10 heteroatoms. The van der Waals surface area contributed by atoms with Crippen LogP contribution in [-0.4, -0.2) is 20.9 Å². The van der Waals surface area contributed by atoms with Crippen molar-refractivity contribution in [2.24, 2.45) is 0 Å². The first-order valence-electron chi connectivity index (χ1n) is 12.2. The van der Waals surface area contributed by atoms with E-state index in [0.29, 0.717) is 46.7 Å². The molecule has 0 aliphatic carbocycles. The molecule has 0 radical (unpaired) electrons. The molecule has 196 valence electrons. The zero-order chi connectivity index (χ0) is 27.4. The van der Waals surface area contributed by atoms with Gasteiger partial charge in [-0.05, 0) is 48.4 Å². The summed E-state index contributed by atoms with van der Waals surface area (Å²) in [5, 5.41) is 5.95. The van der Waals surface area contributed by atoms with Crippen LogP contribution in [-0.2, 0) is 4.79 Å². The standard InChI is InChI=1S/C29H23F2N5O3/c1-2-3-26(37)36-25-15-20(10-12-32-25)39-24-9-8-19(14-22(24)31)35-29-27-23(11-13-33-29)34-16-21(28(27)38)17-4-6-18(30)7-5-17/h4-16H,2-3H2,1H3,(H,33,35)(H,34,38)(H,32,36,37). The van der Waals surface area contributed by atoms with Crippen molar-refractivity contribution in [3.63, 3.8) is 0 Å². The molecule has 3 heterocycles. The van der Waals surface area contributed by atoms with E-state index in [0.717, 1.165) is 0 Å². The lowest BCUT2D eigenvalue weighted by molar-refractivity contribution is -0.116. The maximum atomic E-state index is 15.0. The first-order chi connectivity index (χ1) is 18.9. The van der Waals surface area contributed by atoms with Gasteiger partial charge in [-0.15, -0.1) is 0 Å². The second-order valence-corrected chi connectivity index (χ2v) is 8.67. The van der Waals surface area contributed by atoms with Gasteiger partial charge in [0.05, 0.1) is 10.9 Å². The summed E-state index contributed by atoms with van der Waals surface area (Å²) >= 11 is 0. The SMILES string of the molecule is CCCC(=O)Nc1cc(Oc2ccc(Nc3nccc4[nH]cc(-c5ccc(F)cc5)c(=O)c34)cc2F)ccn1. The van der Waals surface area contributed by atoms with Gasteiger partial charge in [0.25, 0.3) is 0 Å². The van der Waals surface area contributed by atoms with E-state index in [-0.39, 0.29) is 28.3 Å². The number of amides is 1. The topological polar surface area (TPSA) is 109 Å². The van der Waals surface area contributed by atoms with Crippen molar-refractivity contribution in [3.05, 3.63) is 101 Å². The predicted octanol–water partition coefficient (Wildman–Crippen LogP) is 6.54. The number of nitrogens with one attached hydrogen (secondary N) is 3. The maximum absolute atomic E-state index is 15.0. The third kappa shape index (κ3) is 5.74. The molecule has 2 aromatic carbocycles. The summed E-state index contributed by atoms with van der Waals surface area (Å²) in [5.74, 6) is -0.447. The van der Waals surface area contributed by atoms with Crippen LogP contribution in [0.25, 0.3) is 22.0 Å². The fourth-order valence-electron chi connectivity index (χ4n) is 4.00. The van der Waals surface area contributed by atoms with Gasteiger partial charge in [-0.25, -0.2) is 18.7 Å². The van der Waals surface area contributed by atoms with Gasteiger partial charge < -0.3 is 20.4 Å². The van der Waals surface area contributed by atoms with Crippen molar-refractivity contribution in [1.29, 1.82) is 0 Å². The highest BCUT2D eigenvalue weighted by molar-refractivity contribution is 5.93. The number of carbonyl (C=O) groups excluding carboxylic acids is 1. The van der Waals surface area contributed by atoms with Gasteiger partial charge in [-0.1, -0.05) is 19.1 Å². The first-order valence-corrected chi connectivity index (χ1v) is 12.2. The number of rotatable bonds is 8. The van der Waals surface area contributed by atoms with E-state index in [1.807, 2.05) is 6.92 Å². The van der Waals surface area contributed by atoms with E-state index in [9.17, 15) is 18.4 Å². The summed E-state index contributed by atoms with van der Waals surface area (Å²) in [6, 6.07) is 14.6. The van der Waals surface area contributed by atoms with Crippen LogP contribution >= 0.6 is 0 Å². The summed E-state index contributed by atoms with van der Waals surface area (Å²) in [6.45, 7) is 1.90. The molecule has 0 bridgehead atoms. The molecule has 5 rings (SSSR count). The van der Waals surface area contributed by atoms with Crippen molar-refractivity contribution in [3.8, 4) is 22.6 Å². The van der Waals surface area contributed by atoms with E-state index in [2.05, 4.69) is 25.6 Å². The summed E-state index contributed by atoms with van der Waals surface area (Å²) in [6.07, 6.45) is 5.60. The number of hydrogen-bond donors (Lipinski definition) is 3. The van der Waals surface area contributed by atoms with Crippen LogP contribution in [0.5, 0.6) is 11.5 Å². The number of halogens is 2. The Morgan fingerprint density at radius 1 is 1.00 bits per heavy atom. The second kappa shape index (κ2) is 11.1. The summed E-state index contributed by atoms with van der Waals surface area (Å²) in [7, 11) is 0. The molecule has 3 N–H and O–H groups in total. The molecule has 0 fully saturated rings. The average molecular weight is 528 g/mol. The van der Waals surface area contributed by atoms with E-state index in [1.54, 1.807) is 24.4 Å².